The third-order valence-corrected chi connectivity index (χ3v) is 4.80. The second kappa shape index (κ2) is 6.92. The highest BCUT2D eigenvalue weighted by atomic mass is 19.1. The molecule has 1 atom stereocenters. The number of esters is 1. The number of rotatable bonds is 4. The predicted molar refractivity (Wildman–Crippen MR) is 101 cm³/mol. The van der Waals surface area contributed by atoms with Crippen molar-refractivity contribution >= 4 is 17.6 Å². The molecule has 0 bridgehead atoms. The number of hydrogen-bond acceptors (Lipinski definition) is 4. The van der Waals surface area contributed by atoms with Gasteiger partial charge in [0.1, 0.15) is 5.82 Å². The van der Waals surface area contributed by atoms with Crippen LogP contribution in [-0.2, 0) is 4.74 Å². The molecule has 28 heavy (non-hydrogen) atoms. The molecular formula is C21H18FN3O3. The molecule has 2 heterocycles. The third-order valence-electron chi connectivity index (χ3n) is 4.80. The van der Waals surface area contributed by atoms with E-state index < -0.39 is 17.8 Å². The van der Waals surface area contributed by atoms with E-state index in [-0.39, 0.29) is 18.2 Å². The van der Waals surface area contributed by atoms with E-state index in [1.54, 1.807) is 56.3 Å². The van der Waals surface area contributed by atoms with Crippen LogP contribution in [0.1, 0.15) is 50.6 Å². The van der Waals surface area contributed by atoms with Crippen LogP contribution in [0.25, 0.3) is 0 Å². The normalized spacial score (nSPS) is 15.6. The zero-order valence-corrected chi connectivity index (χ0v) is 15.4. The molecule has 2 aromatic carbocycles. The fourth-order valence-corrected chi connectivity index (χ4v) is 3.53. The third kappa shape index (κ3) is 2.76. The molecule has 0 aliphatic carbocycles. The summed E-state index contributed by atoms with van der Waals surface area (Å²) in [6.45, 7) is 3.82. The average molecular weight is 379 g/mol. The minimum atomic E-state index is -0.643. The molecule has 0 fully saturated rings. The molecule has 0 unspecified atom stereocenters. The van der Waals surface area contributed by atoms with E-state index in [0.717, 1.165) is 0 Å². The zero-order chi connectivity index (χ0) is 19.8. The lowest BCUT2D eigenvalue weighted by atomic mass is 9.98. The molecule has 1 aliphatic heterocycles. The monoisotopic (exact) mass is 379 g/mol. The summed E-state index contributed by atoms with van der Waals surface area (Å²) in [5.41, 5.74) is 2.96. The summed E-state index contributed by atoms with van der Waals surface area (Å²) >= 11 is 0. The Balaban J connectivity index is 1.80. The van der Waals surface area contributed by atoms with E-state index >= 15 is 0 Å². The molecular weight excluding hydrogens is 361 g/mol. The van der Waals surface area contributed by atoms with Crippen LogP contribution in [0.5, 0.6) is 0 Å². The number of aromatic nitrogens is 2. The van der Waals surface area contributed by atoms with Gasteiger partial charge in [-0.1, -0.05) is 18.2 Å². The largest absolute Gasteiger partial charge is 0.462 e. The molecule has 0 spiro atoms. The van der Waals surface area contributed by atoms with Crippen LogP contribution < -0.4 is 4.90 Å². The number of aromatic amines is 1. The predicted octanol–water partition coefficient (Wildman–Crippen LogP) is 3.78. The number of carbonyl (C=O) groups is 2. The zero-order valence-electron chi connectivity index (χ0n) is 15.4. The van der Waals surface area contributed by atoms with Crippen molar-refractivity contribution in [1.82, 2.24) is 10.2 Å². The first kappa shape index (κ1) is 17.9. The molecule has 0 radical (unpaired) electrons. The fourth-order valence-electron chi connectivity index (χ4n) is 3.53. The van der Waals surface area contributed by atoms with Crippen LogP contribution in [0.3, 0.4) is 0 Å². The number of anilines is 1. The second-order valence-corrected chi connectivity index (χ2v) is 6.48. The Bertz CT molecular complexity index is 1060. The lowest BCUT2D eigenvalue weighted by Crippen LogP contribution is -2.30. The molecule has 4 rings (SSSR count). The molecule has 1 aromatic heterocycles. The maximum Gasteiger partial charge on any atom is 0.338 e. The van der Waals surface area contributed by atoms with Crippen molar-refractivity contribution in [3.63, 3.8) is 0 Å². The molecule has 1 aliphatic rings. The minimum Gasteiger partial charge on any atom is -0.462 e. The SMILES string of the molecule is CCOC(=O)c1ccc(N2C(=O)c3n[nH]c(C)c3[C@H]2c2ccccc2F)cc1. The van der Waals surface area contributed by atoms with Gasteiger partial charge in [0.15, 0.2) is 5.69 Å². The number of amides is 1. The first-order chi connectivity index (χ1) is 13.5. The lowest BCUT2D eigenvalue weighted by molar-refractivity contribution is 0.0526. The van der Waals surface area contributed by atoms with Gasteiger partial charge in [-0.3, -0.25) is 14.8 Å². The van der Waals surface area contributed by atoms with Gasteiger partial charge >= 0.3 is 5.97 Å². The molecule has 142 valence electrons. The van der Waals surface area contributed by atoms with Crippen LogP contribution in [-0.4, -0.2) is 28.7 Å². The summed E-state index contributed by atoms with van der Waals surface area (Å²) in [5, 5.41) is 6.93. The Labute approximate surface area is 160 Å². The van der Waals surface area contributed by atoms with Crippen molar-refractivity contribution in [1.29, 1.82) is 0 Å². The highest BCUT2D eigenvalue weighted by Gasteiger charge is 2.43. The maximum absolute atomic E-state index is 14.6. The van der Waals surface area contributed by atoms with Crippen LogP contribution >= 0.6 is 0 Å². The average Bonchev–Trinajstić information content (AvgIpc) is 3.21. The number of hydrogen-bond donors (Lipinski definition) is 1. The van der Waals surface area contributed by atoms with E-state index in [4.69, 9.17) is 4.74 Å². The van der Waals surface area contributed by atoms with Gasteiger partial charge in [-0.25, -0.2) is 9.18 Å². The highest BCUT2D eigenvalue weighted by molar-refractivity contribution is 6.10. The highest BCUT2D eigenvalue weighted by Crippen LogP contribution is 2.42. The standard InChI is InChI=1S/C21H18FN3O3/c1-3-28-21(27)13-8-10-14(11-9-13)25-19(15-6-4-5-7-16(15)22)17-12(2)23-24-18(17)20(25)26/h4-11,19H,3H2,1-2H3,(H,23,24)/t19-/m1/s1. The van der Waals surface area contributed by atoms with E-state index in [0.29, 0.717) is 28.1 Å². The summed E-state index contributed by atoms with van der Waals surface area (Å²) in [4.78, 5) is 26.4. The first-order valence-corrected chi connectivity index (χ1v) is 8.93. The summed E-state index contributed by atoms with van der Waals surface area (Å²) < 4.78 is 19.6. The number of aryl methyl sites for hydroxylation is 1. The van der Waals surface area contributed by atoms with Gasteiger partial charge < -0.3 is 4.74 Å². The quantitative estimate of drug-likeness (QED) is 0.700. The summed E-state index contributed by atoms with van der Waals surface area (Å²) in [6.07, 6.45) is 0. The molecule has 1 amide bonds. The number of nitrogens with zero attached hydrogens (tertiary/aromatic N) is 2. The Morgan fingerprint density at radius 3 is 2.61 bits per heavy atom. The van der Waals surface area contributed by atoms with Crippen LogP contribution in [0.15, 0.2) is 48.5 Å². The Morgan fingerprint density at radius 1 is 1.21 bits per heavy atom. The second-order valence-electron chi connectivity index (χ2n) is 6.48. The number of halogens is 1. The van der Waals surface area contributed by atoms with Crippen LogP contribution in [0, 0.1) is 12.7 Å². The number of nitrogens with one attached hydrogen (secondary N) is 1. The number of fused-ring (bicyclic) bond motifs is 1. The van der Waals surface area contributed by atoms with Gasteiger partial charge in [-0.05, 0) is 44.2 Å². The Morgan fingerprint density at radius 2 is 1.93 bits per heavy atom. The van der Waals surface area contributed by atoms with Crippen LogP contribution in [0.2, 0.25) is 0 Å². The number of ether oxygens (including phenoxy) is 1. The Hall–Kier alpha value is -3.48. The van der Waals surface area contributed by atoms with Gasteiger partial charge in [-0.15, -0.1) is 0 Å². The van der Waals surface area contributed by atoms with Gasteiger partial charge in [-0.2, -0.15) is 5.10 Å². The fraction of sp³-hybridized carbons (Fsp3) is 0.190. The summed E-state index contributed by atoms with van der Waals surface area (Å²) in [5.74, 6) is -1.16. The molecule has 1 N–H and O–H groups in total. The number of carbonyl (C=O) groups excluding carboxylic acids is 2. The molecule has 0 saturated carbocycles. The van der Waals surface area contributed by atoms with Crippen molar-refractivity contribution in [3.05, 3.63) is 82.4 Å². The first-order valence-electron chi connectivity index (χ1n) is 8.93. The molecule has 0 saturated heterocycles. The molecule has 7 heteroatoms. The van der Waals surface area contributed by atoms with Gasteiger partial charge in [0.2, 0.25) is 0 Å². The van der Waals surface area contributed by atoms with Gasteiger partial charge in [0, 0.05) is 22.5 Å². The van der Waals surface area contributed by atoms with Gasteiger partial charge in [0.05, 0.1) is 18.2 Å². The van der Waals surface area contributed by atoms with Crippen molar-refractivity contribution in [2.24, 2.45) is 0 Å². The van der Waals surface area contributed by atoms with E-state index in [2.05, 4.69) is 10.2 Å². The van der Waals surface area contributed by atoms with Crippen molar-refractivity contribution in [2.45, 2.75) is 19.9 Å². The molecule has 3 aromatic rings. The maximum atomic E-state index is 14.6. The lowest BCUT2D eigenvalue weighted by Gasteiger charge is -2.26. The Kier molecular flexibility index (Phi) is 4.43. The van der Waals surface area contributed by atoms with Gasteiger partial charge in [0.25, 0.3) is 5.91 Å². The topological polar surface area (TPSA) is 75.3 Å². The van der Waals surface area contributed by atoms with E-state index in [1.807, 2.05) is 0 Å². The van der Waals surface area contributed by atoms with Crippen LogP contribution in [0.4, 0.5) is 10.1 Å². The van der Waals surface area contributed by atoms with E-state index in [1.165, 1.54) is 11.0 Å². The minimum absolute atomic E-state index is 0.278. The summed E-state index contributed by atoms with van der Waals surface area (Å²) in [6, 6.07) is 12.2. The smallest absolute Gasteiger partial charge is 0.338 e. The number of H-pyrrole nitrogens is 1. The molecule has 6 nitrogen and oxygen atoms in total. The van der Waals surface area contributed by atoms with Crippen molar-refractivity contribution in [2.75, 3.05) is 11.5 Å². The van der Waals surface area contributed by atoms with E-state index in [9.17, 15) is 14.0 Å². The number of benzene rings is 2. The van der Waals surface area contributed by atoms with Crippen molar-refractivity contribution < 1.29 is 18.7 Å². The van der Waals surface area contributed by atoms with Crippen molar-refractivity contribution in [3.8, 4) is 0 Å². The summed E-state index contributed by atoms with van der Waals surface area (Å²) in [7, 11) is 0.